The van der Waals surface area contributed by atoms with Crippen molar-refractivity contribution in [3.8, 4) is 0 Å². The molecule has 2 N–H and O–H groups in total. The molecular formula is C15H25N3O2S. The van der Waals surface area contributed by atoms with Crippen LogP contribution in [0.15, 0.2) is 35.3 Å². The predicted molar refractivity (Wildman–Crippen MR) is 88.2 cm³/mol. The highest BCUT2D eigenvalue weighted by molar-refractivity contribution is 7.90. The second-order valence-corrected chi connectivity index (χ2v) is 7.41. The molecule has 21 heavy (non-hydrogen) atoms. The van der Waals surface area contributed by atoms with E-state index in [1.54, 1.807) is 7.05 Å². The van der Waals surface area contributed by atoms with E-state index in [4.69, 9.17) is 0 Å². The maximum Gasteiger partial charge on any atom is 0.191 e. The van der Waals surface area contributed by atoms with Crippen molar-refractivity contribution in [1.82, 2.24) is 10.6 Å². The van der Waals surface area contributed by atoms with Gasteiger partial charge in [0.05, 0.1) is 11.5 Å². The maximum atomic E-state index is 12.0. The van der Waals surface area contributed by atoms with Gasteiger partial charge >= 0.3 is 0 Å². The zero-order valence-corrected chi connectivity index (χ0v) is 13.8. The minimum absolute atomic E-state index is 0.104. The number of hydrogen-bond donors (Lipinski definition) is 2. The van der Waals surface area contributed by atoms with Gasteiger partial charge in [0.15, 0.2) is 15.8 Å². The molecule has 0 saturated heterocycles. The molecule has 0 aliphatic carbocycles. The van der Waals surface area contributed by atoms with Crippen LogP contribution in [-0.4, -0.2) is 39.8 Å². The van der Waals surface area contributed by atoms with Gasteiger partial charge in [0.2, 0.25) is 0 Å². The van der Waals surface area contributed by atoms with E-state index in [1.165, 1.54) is 0 Å². The second-order valence-electron chi connectivity index (χ2n) is 5.23. The topological polar surface area (TPSA) is 70.6 Å². The summed E-state index contributed by atoms with van der Waals surface area (Å²) >= 11 is 0. The third-order valence-corrected chi connectivity index (χ3v) is 4.49. The van der Waals surface area contributed by atoms with Crippen LogP contribution in [0.3, 0.4) is 0 Å². The molecule has 0 unspecified atom stereocenters. The first kappa shape index (κ1) is 17.5. The molecule has 0 saturated carbocycles. The molecule has 0 heterocycles. The second kappa shape index (κ2) is 8.67. The van der Waals surface area contributed by atoms with Crippen LogP contribution in [0.25, 0.3) is 0 Å². The highest BCUT2D eigenvalue weighted by Crippen LogP contribution is 2.06. The number of rotatable bonds is 7. The number of benzene rings is 1. The Balaban J connectivity index is 2.34. The van der Waals surface area contributed by atoms with Gasteiger partial charge in [-0.15, -0.1) is 0 Å². The van der Waals surface area contributed by atoms with E-state index in [0.29, 0.717) is 18.9 Å². The highest BCUT2D eigenvalue weighted by atomic mass is 32.2. The van der Waals surface area contributed by atoms with Crippen molar-refractivity contribution in [2.45, 2.75) is 32.1 Å². The Morgan fingerprint density at radius 1 is 1.24 bits per heavy atom. The Morgan fingerprint density at radius 3 is 2.48 bits per heavy atom. The Bertz CT molecular complexity index is 539. The van der Waals surface area contributed by atoms with Gasteiger partial charge in [-0.25, -0.2) is 8.42 Å². The summed E-state index contributed by atoms with van der Waals surface area (Å²) in [6, 6.07) is 9.56. The fourth-order valence-electron chi connectivity index (χ4n) is 1.87. The molecule has 0 spiro atoms. The number of guanidine groups is 1. The van der Waals surface area contributed by atoms with Crippen LogP contribution in [0, 0.1) is 0 Å². The summed E-state index contributed by atoms with van der Waals surface area (Å²) in [5.41, 5.74) is 0.836. The average Bonchev–Trinajstić information content (AvgIpc) is 2.42. The van der Waals surface area contributed by atoms with Gasteiger partial charge in [0.1, 0.15) is 0 Å². The van der Waals surface area contributed by atoms with Gasteiger partial charge < -0.3 is 10.6 Å². The monoisotopic (exact) mass is 311 g/mol. The lowest BCUT2D eigenvalue weighted by molar-refractivity contribution is 0.591. The van der Waals surface area contributed by atoms with Gasteiger partial charge in [0.25, 0.3) is 0 Å². The zero-order chi connectivity index (χ0) is 15.7. The van der Waals surface area contributed by atoms with Crippen molar-refractivity contribution in [3.05, 3.63) is 35.9 Å². The lowest BCUT2D eigenvalue weighted by atomic mass is 10.2. The van der Waals surface area contributed by atoms with E-state index >= 15 is 0 Å². The molecule has 0 aromatic heterocycles. The maximum absolute atomic E-state index is 12.0. The molecule has 0 bridgehead atoms. The minimum atomic E-state index is -3.06. The molecule has 5 nitrogen and oxygen atoms in total. The van der Waals surface area contributed by atoms with Crippen molar-refractivity contribution < 1.29 is 8.42 Å². The van der Waals surface area contributed by atoms with Crippen LogP contribution in [0.1, 0.15) is 25.8 Å². The summed E-state index contributed by atoms with van der Waals surface area (Å²) in [5.74, 6) is 0.978. The van der Waals surface area contributed by atoms with Crippen molar-refractivity contribution >= 4 is 15.8 Å². The molecule has 1 aromatic carbocycles. The van der Waals surface area contributed by atoms with Crippen molar-refractivity contribution in [1.29, 1.82) is 0 Å². The Labute approximate surface area is 127 Å². The largest absolute Gasteiger partial charge is 0.356 e. The number of sulfone groups is 1. The van der Waals surface area contributed by atoms with Crippen molar-refractivity contribution in [3.63, 3.8) is 0 Å². The highest BCUT2D eigenvalue weighted by Gasteiger charge is 2.11. The molecule has 0 amide bonds. The molecule has 0 atom stereocenters. The van der Waals surface area contributed by atoms with Crippen LogP contribution >= 0.6 is 0 Å². The van der Waals surface area contributed by atoms with E-state index in [-0.39, 0.29) is 17.5 Å². The normalized spacial score (nSPS) is 12.5. The Hall–Kier alpha value is -1.56. The van der Waals surface area contributed by atoms with Crippen LogP contribution in [0.5, 0.6) is 0 Å². The number of hydrogen-bond acceptors (Lipinski definition) is 3. The van der Waals surface area contributed by atoms with Crippen LogP contribution in [0.2, 0.25) is 0 Å². The first-order chi connectivity index (χ1) is 9.93. The van der Waals surface area contributed by atoms with Gasteiger partial charge in [-0.2, -0.15) is 0 Å². The summed E-state index contributed by atoms with van der Waals surface area (Å²) in [6.45, 7) is 4.63. The SMILES string of the molecule is CN=C(NCCCS(=O)(=O)Cc1ccccc1)NC(C)C. The van der Waals surface area contributed by atoms with Gasteiger partial charge in [0, 0.05) is 19.6 Å². The molecule has 0 radical (unpaired) electrons. The Morgan fingerprint density at radius 2 is 1.90 bits per heavy atom. The Kier molecular flexibility index (Phi) is 7.22. The van der Waals surface area contributed by atoms with E-state index in [9.17, 15) is 8.42 Å². The van der Waals surface area contributed by atoms with E-state index in [2.05, 4.69) is 15.6 Å². The summed E-state index contributed by atoms with van der Waals surface area (Å²) in [6.07, 6.45) is 0.563. The number of aliphatic imine (C=N–C) groups is 1. The van der Waals surface area contributed by atoms with E-state index in [1.807, 2.05) is 44.2 Å². The summed E-state index contributed by atoms with van der Waals surface area (Å²) in [5, 5.41) is 6.27. The molecule has 6 heteroatoms. The quantitative estimate of drug-likeness (QED) is 0.455. The fraction of sp³-hybridized carbons (Fsp3) is 0.533. The van der Waals surface area contributed by atoms with Crippen LogP contribution < -0.4 is 10.6 Å². The third kappa shape index (κ3) is 7.70. The molecule has 118 valence electrons. The smallest absolute Gasteiger partial charge is 0.191 e. The number of nitrogens with one attached hydrogen (secondary N) is 2. The van der Waals surface area contributed by atoms with Crippen molar-refractivity contribution in [2.24, 2.45) is 4.99 Å². The van der Waals surface area contributed by atoms with Gasteiger partial charge in [-0.3, -0.25) is 4.99 Å². The molecule has 0 aliphatic rings. The van der Waals surface area contributed by atoms with Crippen LogP contribution in [0.4, 0.5) is 0 Å². The fourth-order valence-corrected chi connectivity index (χ4v) is 3.30. The summed E-state index contributed by atoms with van der Waals surface area (Å²) < 4.78 is 24.0. The first-order valence-corrected chi connectivity index (χ1v) is 8.96. The van der Waals surface area contributed by atoms with E-state index < -0.39 is 9.84 Å². The number of nitrogens with zero attached hydrogens (tertiary/aromatic N) is 1. The van der Waals surface area contributed by atoms with Crippen molar-refractivity contribution in [2.75, 3.05) is 19.3 Å². The minimum Gasteiger partial charge on any atom is -0.356 e. The lowest BCUT2D eigenvalue weighted by Crippen LogP contribution is -2.41. The van der Waals surface area contributed by atoms with Crippen LogP contribution in [-0.2, 0) is 15.6 Å². The predicted octanol–water partition coefficient (Wildman–Crippen LogP) is 1.56. The standard InChI is InChI=1S/C15H25N3O2S/c1-13(2)18-15(16-3)17-10-7-11-21(19,20)12-14-8-5-4-6-9-14/h4-6,8-9,13H,7,10-12H2,1-3H3,(H2,16,17,18). The lowest BCUT2D eigenvalue weighted by Gasteiger charge is -2.14. The molecule has 1 rings (SSSR count). The third-order valence-electron chi connectivity index (χ3n) is 2.80. The van der Waals surface area contributed by atoms with Gasteiger partial charge in [-0.1, -0.05) is 30.3 Å². The molecule has 0 fully saturated rings. The summed E-state index contributed by atoms with van der Waals surface area (Å²) in [4.78, 5) is 4.07. The van der Waals surface area contributed by atoms with Gasteiger partial charge in [-0.05, 0) is 25.8 Å². The average molecular weight is 311 g/mol. The molecule has 0 aliphatic heterocycles. The summed E-state index contributed by atoms with van der Waals surface area (Å²) in [7, 11) is -1.36. The van der Waals surface area contributed by atoms with E-state index in [0.717, 1.165) is 5.56 Å². The first-order valence-electron chi connectivity index (χ1n) is 7.14. The zero-order valence-electron chi connectivity index (χ0n) is 13.0. The molecule has 1 aromatic rings. The molecular weight excluding hydrogens is 286 g/mol.